The van der Waals surface area contributed by atoms with Gasteiger partial charge < -0.3 is 14.8 Å². The average Bonchev–Trinajstić information content (AvgIpc) is 2.37. The molecule has 1 rings (SSSR count). The second-order valence-electron chi connectivity index (χ2n) is 3.09. The van der Waals surface area contributed by atoms with E-state index in [0.717, 1.165) is 0 Å². The molecule has 0 spiro atoms. The second-order valence-corrected chi connectivity index (χ2v) is 3.95. The number of carbonyl (C=O) groups excluding carboxylic acids is 1. The van der Waals surface area contributed by atoms with E-state index in [1.54, 1.807) is 32.2 Å². The molecular formula is C12H16BrNO3. The molecule has 0 saturated heterocycles. The highest BCUT2D eigenvalue weighted by molar-refractivity contribution is 9.10. The summed E-state index contributed by atoms with van der Waals surface area (Å²) < 4.78 is 26.2. The van der Waals surface area contributed by atoms with Crippen LogP contribution in [0, 0.1) is 0 Å². The maximum absolute atomic E-state index is 11.2. The molecule has 0 aliphatic heterocycles. The fourth-order valence-corrected chi connectivity index (χ4v) is 1.72. The first-order valence-electron chi connectivity index (χ1n) is 6.26. The topological polar surface area (TPSA) is 47.6 Å². The molecule has 2 atom stereocenters. The number of carbonyl (C=O) groups is 1. The molecule has 0 radical (unpaired) electrons. The molecule has 1 aromatic rings. The number of hydrogen-bond acceptors (Lipinski definition) is 3. The first-order chi connectivity index (χ1) is 8.99. The van der Waals surface area contributed by atoms with Crippen molar-refractivity contribution in [2.24, 2.45) is 0 Å². The van der Waals surface area contributed by atoms with E-state index in [-0.39, 0.29) is 6.61 Å². The van der Waals surface area contributed by atoms with Crippen LogP contribution >= 0.6 is 15.9 Å². The van der Waals surface area contributed by atoms with Gasteiger partial charge in [0.05, 0.1) is 18.2 Å². The highest BCUT2D eigenvalue weighted by Gasteiger charge is 2.03. The van der Waals surface area contributed by atoms with Crippen molar-refractivity contribution in [2.45, 2.75) is 13.3 Å². The number of rotatable bonds is 5. The van der Waals surface area contributed by atoms with Crippen LogP contribution in [-0.2, 0) is 11.1 Å². The monoisotopic (exact) mass is 303 g/mol. The maximum Gasteiger partial charge on any atom is 0.407 e. The summed E-state index contributed by atoms with van der Waals surface area (Å²) in [6.07, 6.45) is -1.60. The van der Waals surface area contributed by atoms with E-state index in [1.165, 1.54) is 0 Å². The second kappa shape index (κ2) is 7.17. The van der Waals surface area contributed by atoms with E-state index < -0.39 is 19.0 Å². The van der Waals surface area contributed by atoms with Crippen LogP contribution < -0.4 is 10.1 Å². The van der Waals surface area contributed by atoms with Crippen molar-refractivity contribution < 1.29 is 17.0 Å². The van der Waals surface area contributed by atoms with Gasteiger partial charge in [-0.2, -0.15) is 0 Å². The van der Waals surface area contributed by atoms with Gasteiger partial charge in [0.25, 0.3) is 0 Å². The fourth-order valence-electron chi connectivity index (χ4n) is 1.16. The Morgan fingerprint density at radius 1 is 1.59 bits per heavy atom. The van der Waals surface area contributed by atoms with Crippen molar-refractivity contribution in [2.75, 3.05) is 20.2 Å². The lowest BCUT2D eigenvalue weighted by Gasteiger charge is -2.07. The molecule has 1 aromatic carbocycles. The Morgan fingerprint density at radius 2 is 2.35 bits per heavy atom. The quantitative estimate of drug-likeness (QED) is 0.910. The number of aryl methyl sites for hydroxylation is 1. The van der Waals surface area contributed by atoms with Gasteiger partial charge >= 0.3 is 6.09 Å². The Kier molecular flexibility index (Phi) is 4.59. The number of ether oxygens (including phenoxy) is 2. The highest BCUT2D eigenvalue weighted by atomic mass is 79.9. The number of alkyl carbamates (subject to hydrolysis) is 1. The maximum atomic E-state index is 11.2. The smallest absolute Gasteiger partial charge is 0.407 e. The van der Waals surface area contributed by atoms with E-state index in [4.69, 9.17) is 7.48 Å². The minimum Gasteiger partial charge on any atom is -0.496 e. The molecule has 5 heteroatoms. The number of hydrogen-bond donors (Lipinski definition) is 1. The van der Waals surface area contributed by atoms with Crippen LogP contribution in [-0.4, -0.2) is 26.3 Å². The average molecular weight is 304 g/mol. The summed E-state index contributed by atoms with van der Waals surface area (Å²) in [7, 11) is 1.55. The predicted molar refractivity (Wildman–Crippen MR) is 69.4 cm³/mol. The largest absolute Gasteiger partial charge is 0.496 e. The van der Waals surface area contributed by atoms with Gasteiger partial charge in [0.1, 0.15) is 5.75 Å². The zero-order valence-corrected chi connectivity index (χ0v) is 11.3. The molecule has 1 N–H and O–H groups in total. The number of methoxy groups -OCH3 is 1. The molecule has 0 bridgehead atoms. The molecule has 0 aliphatic rings. The molecule has 0 heterocycles. The normalized spacial score (nSPS) is 15.2. The number of benzene rings is 1. The SMILES string of the molecule is [2H]C(NC(=O)OCC)C([2H])c1ccc(OC)c(Br)c1. The van der Waals surface area contributed by atoms with Crippen LogP contribution in [0.25, 0.3) is 0 Å². The molecular weight excluding hydrogens is 286 g/mol. The van der Waals surface area contributed by atoms with Crippen LogP contribution in [0.3, 0.4) is 0 Å². The summed E-state index contributed by atoms with van der Waals surface area (Å²) >= 11 is 3.32. The summed E-state index contributed by atoms with van der Waals surface area (Å²) in [5.41, 5.74) is 0.601. The minimum atomic E-state index is -1.10. The summed E-state index contributed by atoms with van der Waals surface area (Å²) in [6.45, 7) is 0.811. The third-order valence-corrected chi connectivity index (χ3v) is 2.55. The Labute approximate surface area is 112 Å². The summed E-state index contributed by atoms with van der Waals surface area (Å²) in [4.78, 5) is 11.2. The van der Waals surface area contributed by atoms with Crippen molar-refractivity contribution in [1.82, 2.24) is 5.32 Å². The molecule has 0 saturated carbocycles. The van der Waals surface area contributed by atoms with Crippen LogP contribution in [0.2, 0.25) is 0 Å². The van der Waals surface area contributed by atoms with E-state index in [0.29, 0.717) is 15.8 Å². The zero-order chi connectivity index (χ0) is 14.4. The Balaban J connectivity index is 2.73. The van der Waals surface area contributed by atoms with Gasteiger partial charge in [0.2, 0.25) is 0 Å². The lowest BCUT2D eigenvalue weighted by Crippen LogP contribution is -2.26. The molecule has 0 aliphatic carbocycles. The minimum absolute atomic E-state index is 0.231. The van der Waals surface area contributed by atoms with Gasteiger partial charge in [-0.05, 0) is 46.9 Å². The van der Waals surface area contributed by atoms with Crippen molar-refractivity contribution >= 4 is 22.0 Å². The highest BCUT2D eigenvalue weighted by Crippen LogP contribution is 2.25. The van der Waals surface area contributed by atoms with Crippen LogP contribution in [0.15, 0.2) is 22.7 Å². The molecule has 17 heavy (non-hydrogen) atoms. The summed E-state index contributed by atoms with van der Waals surface area (Å²) in [5, 5.41) is 2.30. The van der Waals surface area contributed by atoms with Gasteiger partial charge in [0.15, 0.2) is 0 Å². The third-order valence-electron chi connectivity index (χ3n) is 1.93. The van der Waals surface area contributed by atoms with Crippen molar-refractivity contribution in [3.05, 3.63) is 28.2 Å². The van der Waals surface area contributed by atoms with E-state index in [2.05, 4.69) is 26.0 Å². The molecule has 0 aromatic heterocycles. The fraction of sp³-hybridized carbons (Fsp3) is 0.417. The number of amides is 1. The Hall–Kier alpha value is -1.23. The molecule has 2 unspecified atom stereocenters. The Morgan fingerprint density at radius 3 is 2.94 bits per heavy atom. The number of nitrogens with one attached hydrogen (secondary N) is 1. The van der Waals surface area contributed by atoms with Gasteiger partial charge in [-0.3, -0.25) is 0 Å². The Bertz CT molecular complexity index is 445. The van der Waals surface area contributed by atoms with Crippen LogP contribution in [0.4, 0.5) is 4.79 Å². The zero-order valence-electron chi connectivity index (χ0n) is 11.7. The van der Waals surface area contributed by atoms with Crippen LogP contribution in [0.5, 0.6) is 5.75 Å². The van der Waals surface area contributed by atoms with Gasteiger partial charge in [-0.25, -0.2) is 4.79 Å². The summed E-state index contributed by atoms with van der Waals surface area (Å²) in [6, 6.07) is 5.10. The number of halogens is 1. The van der Waals surface area contributed by atoms with Crippen LogP contribution in [0.1, 0.15) is 15.2 Å². The van der Waals surface area contributed by atoms with E-state index in [1.807, 2.05) is 0 Å². The molecule has 0 fully saturated rings. The lowest BCUT2D eigenvalue weighted by molar-refractivity contribution is 0.152. The first kappa shape index (κ1) is 10.9. The third kappa shape index (κ3) is 4.65. The first-order valence-corrected chi connectivity index (χ1v) is 5.90. The van der Waals surface area contributed by atoms with Gasteiger partial charge in [0, 0.05) is 9.26 Å². The molecule has 1 amide bonds. The lowest BCUT2D eigenvalue weighted by atomic mass is 10.1. The van der Waals surface area contributed by atoms with Crippen molar-refractivity contribution in [3.8, 4) is 5.75 Å². The molecule has 94 valence electrons. The van der Waals surface area contributed by atoms with Crippen molar-refractivity contribution in [1.29, 1.82) is 0 Å². The van der Waals surface area contributed by atoms with Gasteiger partial charge in [-0.1, -0.05) is 6.07 Å². The standard InChI is InChI=1S/C12H16BrNO3/c1-3-17-12(15)14-7-6-9-4-5-11(16-2)10(13)8-9/h4-5,8H,3,6-7H2,1-2H3,(H,14,15)/i6D,7D. The predicted octanol–water partition coefficient (Wildman–Crippen LogP) is 2.75. The summed E-state index contributed by atoms with van der Waals surface area (Å²) in [5.74, 6) is 0.649. The van der Waals surface area contributed by atoms with E-state index >= 15 is 0 Å². The van der Waals surface area contributed by atoms with Crippen molar-refractivity contribution in [3.63, 3.8) is 0 Å². The van der Waals surface area contributed by atoms with Gasteiger partial charge in [-0.15, -0.1) is 0 Å². The van der Waals surface area contributed by atoms with E-state index in [9.17, 15) is 4.79 Å². The molecule has 4 nitrogen and oxygen atoms in total.